The van der Waals surface area contributed by atoms with E-state index >= 15 is 0 Å². The van der Waals surface area contributed by atoms with E-state index in [1.807, 2.05) is 90.4 Å². The summed E-state index contributed by atoms with van der Waals surface area (Å²) in [5.74, 6) is 1.23. The fourth-order valence-corrected chi connectivity index (χ4v) is 4.79. The molecule has 1 aromatic heterocycles. The zero-order valence-electron chi connectivity index (χ0n) is 22.9. The zero-order chi connectivity index (χ0) is 29.2. The number of nitrogens with zero attached hydrogens (tertiary/aromatic N) is 7. The van der Waals surface area contributed by atoms with Gasteiger partial charge < -0.3 is 5.32 Å². The molecular formula is C31H26N8O3. The van der Waals surface area contributed by atoms with Crippen LogP contribution in [0, 0.1) is 17.0 Å². The highest BCUT2D eigenvalue weighted by atomic mass is 16.6. The molecule has 0 fully saturated rings. The van der Waals surface area contributed by atoms with Crippen LogP contribution < -0.4 is 15.2 Å². The fourth-order valence-electron chi connectivity index (χ4n) is 4.79. The molecule has 1 N–H and O–H groups in total. The van der Waals surface area contributed by atoms with Gasteiger partial charge in [0.2, 0.25) is 0 Å². The lowest BCUT2D eigenvalue weighted by atomic mass is 10.0. The number of carbonyl (C=O) groups is 1. The Morgan fingerprint density at radius 2 is 1.60 bits per heavy atom. The first-order valence-corrected chi connectivity index (χ1v) is 13.2. The number of benzene rings is 4. The van der Waals surface area contributed by atoms with Gasteiger partial charge in [-0.1, -0.05) is 60.7 Å². The van der Waals surface area contributed by atoms with Crippen molar-refractivity contribution in [1.82, 2.24) is 14.8 Å². The average Bonchev–Trinajstić information content (AvgIpc) is 3.34. The smallest absolute Gasteiger partial charge is 0.308 e. The SMILES string of the molecule is Cc1nnc2n1-c1ccccc1C(c1ccc(NC(=O)N(C)c3ccccc3)cc1)=NN2Cc1ccc([N+](=O)[O-])cc1. The summed E-state index contributed by atoms with van der Waals surface area (Å²) in [5.41, 5.74) is 5.57. The van der Waals surface area contributed by atoms with Crippen molar-refractivity contribution < 1.29 is 9.72 Å². The van der Waals surface area contributed by atoms with Crippen LogP contribution >= 0.6 is 0 Å². The number of rotatable bonds is 6. The summed E-state index contributed by atoms with van der Waals surface area (Å²) >= 11 is 0. The standard InChI is InChI=1S/C31H26N8O3/c1-21-33-34-30-37(20-22-12-18-26(19-13-22)39(41)42)35-29(27-10-6-7-11-28(27)38(21)30)23-14-16-24(17-15-23)32-31(40)36(2)25-8-4-3-5-9-25/h3-19H,20H2,1-2H3,(H,32,40). The summed E-state index contributed by atoms with van der Waals surface area (Å²) in [5, 5.41) is 29.6. The third-order valence-corrected chi connectivity index (χ3v) is 7.00. The van der Waals surface area contributed by atoms with E-state index in [0.29, 0.717) is 29.7 Å². The maximum Gasteiger partial charge on any atom is 0.326 e. The number of hydrogen-bond acceptors (Lipinski definition) is 7. The number of aryl methyl sites for hydroxylation is 1. The number of para-hydroxylation sites is 2. The Hall–Kier alpha value is -5.84. The highest BCUT2D eigenvalue weighted by Gasteiger charge is 2.26. The molecule has 5 aromatic rings. The second kappa shape index (κ2) is 11.0. The van der Waals surface area contributed by atoms with Crippen molar-refractivity contribution >= 4 is 34.8 Å². The number of hydrogen-bond donors (Lipinski definition) is 1. The minimum atomic E-state index is -0.422. The molecule has 2 heterocycles. The number of carbonyl (C=O) groups excluding carboxylic acids is 1. The Labute approximate surface area is 241 Å². The van der Waals surface area contributed by atoms with Gasteiger partial charge in [0.25, 0.3) is 11.6 Å². The maximum atomic E-state index is 12.8. The number of amides is 2. The lowest BCUT2D eigenvalue weighted by Crippen LogP contribution is -2.31. The molecule has 11 nitrogen and oxygen atoms in total. The Morgan fingerprint density at radius 1 is 0.905 bits per heavy atom. The predicted molar refractivity (Wildman–Crippen MR) is 161 cm³/mol. The Bertz CT molecular complexity index is 1800. The molecule has 0 radical (unpaired) electrons. The van der Waals surface area contributed by atoms with Crippen molar-refractivity contribution in [3.63, 3.8) is 0 Å². The second-order valence-corrected chi connectivity index (χ2v) is 9.73. The molecule has 0 aliphatic carbocycles. The lowest BCUT2D eigenvalue weighted by Gasteiger charge is -2.18. The predicted octanol–water partition coefficient (Wildman–Crippen LogP) is 5.92. The van der Waals surface area contributed by atoms with Gasteiger partial charge in [-0.3, -0.25) is 19.6 Å². The molecule has 0 saturated carbocycles. The molecule has 0 atom stereocenters. The Morgan fingerprint density at radius 3 is 2.31 bits per heavy atom. The highest BCUT2D eigenvalue weighted by molar-refractivity contribution is 6.16. The van der Waals surface area contributed by atoms with Crippen LogP contribution in [0.25, 0.3) is 5.69 Å². The number of nitro benzene ring substituents is 1. The molecule has 11 heteroatoms. The van der Waals surface area contributed by atoms with Gasteiger partial charge in [-0.05, 0) is 42.8 Å². The van der Waals surface area contributed by atoms with Gasteiger partial charge >= 0.3 is 6.03 Å². The summed E-state index contributed by atoms with van der Waals surface area (Å²) in [6.07, 6.45) is 0. The normalized spacial score (nSPS) is 12.0. The van der Waals surface area contributed by atoms with Crippen molar-refractivity contribution in [2.24, 2.45) is 5.10 Å². The number of nitro groups is 1. The van der Waals surface area contributed by atoms with Crippen molar-refractivity contribution in [2.45, 2.75) is 13.5 Å². The number of hydrazone groups is 1. The first kappa shape index (κ1) is 26.4. The monoisotopic (exact) mass is 558 g/mol. The van der Waals surface area contributed by atoms with Gasteiger partial charge in [0.05, 0.1) is 17.2 Å². The molecule has 42 heavy (non-hydrogen) atoms. The van der Waals surface area contributed by atoms with Gasteiger partial charge in [-0.15, -0.1) is 10.2 Å². The largest absolute Gasteiger partial charge is 0.326 e. The van der Waals surface area contributed by atoms with E-state index in [4.69, 9.17) is 5.10 Å². The number of urea groups is 1. The van der Waals surface area contributed by atoms with Crippen LogP contribution in [0.5, 0.6) is 0 Å². The third-order valence-electron chi connectivity index (χ3n) is 7.00. The highest BCUT2D eigenvalue weighted by Crippen LogP contribution is 2.31. The molecule has 2 amide bonds. The van der Waals surface area contributed by atoms with E-state index < -0.39 is 4.92 Å². The van der Waals surface area contributed by atoms with Crippen molar-refractivity contribution in [3.05, 3.63) is 136 Å². The van der Waals surface area contributed by atoms with Gasteiger partial charge in [-0.2, -0.15) is 5.10 Å². The second-order valence-electron chi connectivity index (χ2n) is 9.73. The van der Waals surface area contributed by atoms with Crippen molar-refractivity contribution in [3.8, 4) is 5.69 Å². The van der Waals surface area contributed by atoms with Gasteiger partial charge in [0.1, 0.15) is 11.5 Å². The third kappa shape index (κ3) is 5.06. The number of aromatic nitrogens is 3. The molecule has 4 aromatic carbocycles. The van der Waals surface area contributed by atoms with E-state index in [1.165, 1.54) is 12.1 Å². The topological polar surface area (TPSA) is 122 Å². The summed E-state index contributed by atoms with van der Waals surface area (Å²) in [4.78, 5) is 25.1. The molecule has 1 aliphatic rings. The maximum absolute atomic E-state index is 12.8. The van der Waals surface area contributed by atoms with Gasteiger partial charge in [0, 0.05) is 41.7 Å². The summed E-state index contributed by atoms with van der Waals surface area (Å²) in [6.45, 7) is 2.19. The molecule has 0 saturated heterocycles. The molecule has 0 unspecified atom stereocenters. The van der Waals surface area contributed by atoms with E-state index in [2.05, 4.69) is 15.5 Å². The fraction of sp³-hybridized carbons (Fsp3) is 0.0968. The van der Waals surface area contributed by atoms with Crippen molar-refractivity contribution in [2.75, 3.05) is 22.3 Å². The summed E-state index contributed by atoms with van der Waals surface area (Å²) in [7, 11) is 1.72. The van der Waals surface area contributed by atoms with Crippen molar-refractivity contribution in [1.29, 1.82) is 0 Å². The van der Waals surface area contributed by atoms with Crippen LogP contribution in [0.4, 0.5) is 27.8 Å². The quantitative estimate of drug-likeness (QED) is 0.204. The van der Waals surface area contributed by atoms with E-state index in [9.17, 15) is 14.9 Å². The van der Waals surface area contributed by atoms with E-state index in [0.717, 1.165) is 28.1 Å². The Balaban J connectivity index is 1.35. The molecule has 0 bridgehead atoms. The number of non-ortho nitro benzene ring substituents is 1. The van der Waals surface area contributed by atoms with Crippen LogP contribution in [0.3, 0.4) is 0 Å². The average molecular weight is 559 g/mol. The molecule has 1 aliphatic heterocycles. The van der Waals surface area contributed by atoms with Crippen LogP contribution in [0.2, 0.25) is 0 Å². The van der Waals surface area contributed by atoms with Crippen LogP contribution in [-0.2, 0) is 6.54 Å². The molecular weight excluding hydrogens is 532 g/mol. The minimum absolute atomic E-state index is 0.0207. The van der Waals surface area contributed by atoms with Crippen LogP contribution in [-0.4, -0.2) is 38.5 Å². The van der Waals surface area contributed by atoms with Gasteiger partial charge in [-0.25, -0.2) is 9.80 Å². The molecule has 0 spiro atoms. The van der Waals surface area contributed by atoms with Crippen LogP contribution in [0.15, 0.2) is 108 Å². The molecule has 6 rings (SSSR count). The van der Waals surface area contributed by atoms with Gasteiger partial charge in [0.15, 0.2) is 0 Å². The number of fused-ring (bicyclic) bond motifs is 3. The lowest BCUT2D eigenvalue weighted by molar-refractivity contribution is -0.384. The zero-order valence-corrected chi connectivity index (χ0v) is 22.9. The molecule has 208 valence electrons. The summed E-state index contributed by atoms with van der Waals surface area (Å²) < 4.78 is 1.95. The Kier molecular flexibility index (Phi) is 6.89. The first-order valence-electron chi connectivity index (χ1n) is 13.2. The first-order chi connectivity index (χ1) is 20.4. The number of anilines is 3. The van der Waals surface area contributed by atoms with E-state index in [1.54, 1.807) is 29.1 Å². The minimum Gasteiger partial charge on any atom is -0.308 e. The van der Waals surface area contributed by atoms with Crippen LogP contribution in [0.1, 0.15) is 22.5 Å². The summed E-state index contributed by atoms with van der Waals surface area (Å²) in [6, 6.07) is 30.9. The van der Waals surface area contributed by atoms with E-state index in [-0.39, 0.29) is 11.7 Å². The number of nitrogens with one attached hydrogen (secondary N) is 1.